The van der Waals surface area contributed by atoms with Gasteiger partial charge in [-0.15, -0.1) is 11.3 Å². The molecule has 5 heteroatoms. The molecule has 1 heterocycles. The standard InChI is InChI=1S/C18H25N3OS/c1-4-18(5-2,12-19)17(22)20-11-15-13(3)21-16(23-15)14-9-7-6-8-10-14/h6-10H,4-5,11-12,19H2,1-3H3,(H,20,22). The van der Waals surface area contributed by atoms with Gasteiger partial charge in [-0.05, 0) is 19.8 Å². The molecule has 0 saturated heterocycles. The van der Waals surface area contributed by atoms with Gasteiger partial charge in [0.25, 0.3) is 0 Å². The fourth-order valence-electron chi connectivity index (χ4n) is 2.60. The second kappa shape index (κ2) is 7.70. The highest BCUT2D eigenvalue weighted by Gasteiger charge is 2.33. The Balaban J connectivity index is 2.10. The Morgan fingerprint density at radius 2 is 1.91 bits per heavy atom. The Bertz CT molecular complexity index is 639. The maximum Gasteiger partial charge on any atom is 0.227 e. The van der Waals surface area contributed by atoms with Crippen molar-refractivity contribution in [2.75, 3.05) is 6.54 Å². The first kappa shape index (κ1) is 17.6. The zero-order valence-electron chi connectivity index (χ0n) is 14.1. The average molecular weight is 331 g/mol. The number of hydrogen-bond acceptors (Lipinski definition) is 4. The van der Waals surface area contributed by atoms with Gasteiger partial charge in [0.1, 0.15) is 5.01 Å². The van der Waals surface area contributed by atoms with Crippen LogP contribution in [0.3, 0.4) is 0 Å². The van der Waals surface area contributed by atoms with Crippen LogP contribution >= 0.6 is 11.3 Å². The van der Waals surface area contributed by atoms with Gasteiger partial charge in [-0.1, -0.05) is 44.2 Å². The number of aromatic nitrogens is 1. The van der Waals surface area contributed by atoms with E-state index in [2.05, 4.69) is 10.3 Å². The van der Waals surface area contributed by atoms with Gasteiger partial charge >= 0.3 is 0 Å². The predicted molar refractivity (Wildman–Crippen MR) is 96.2 cm³/mol. The molecule has 1 aromatic heterocycles. The summed E-state index contributed by atoms with van der Waals surface area (Å²) in [5.41, 5.74) is 7.46. The number of rotatable bonds is 7. The van der Waals surface area contributed by atoms with Crippen molar-refractivity contribution in [3.8, 4) is 10.6 Å². The normalized spacial score (nSPS) is 11.5. The monoisotopic (exact) mass is 331 g/mol. The van der Waals surface area contributed by atoms with Crippen molar-refractivity contribution in [3.05, 3.63) is 40.9 Å². The van der Waals surface area contributed by atoms with E-state index in [-0.39, 0.29) is 5.91 Å². The number of nitrogens with one attached hydrogen (secondary N) is 1. The molecular weight excluding hydrogens is 306 g/mol. The topological polar surface area (TPSA) is 68.0 Å². The van der Waals surface area contributed by atoms with Crippen molar-refractivity contribution in [1.29, 1.82) is 0 Å². The zero-order valence-corrected chi connectivity index (χ0v) is 14.9. The summed E-state index contributed by atoms with van der Waals surface area (Å²) in [6.45, 7) is 6.91. The highest BCUT2D eigenvalue weighted by molar-refractivity contribution is 7.15. The lowest BCUT2D eigenvalue weighted by atomic mass is 9.81. The Kier molecular flexibility index (Phi) is 5.91. The molecule has 0 fully saturated rings. The Morgan fingerprint density at radius 1 is 1.26 bits per heavy atom. The summed E-state index contributed by atoms with van der Waals surface area (Å²) in [4.78, 5) is 18.2. The molecule has 0 atom stereocenters. The summed E-state index contributed by atoms with van der Waals surface area (Å²) < 4.78 is 0. The number of nitrogens with two attached hydrogens (primary N) is 1. The van der Waals surface area contributed by atoms with Crippen LogP contribution in [0.25, 0.3) is 10.6 Å². The van der Waals surface area contributed by atoms with Gasteiger partial charge in [-0.3, -0.25) is 4.79 Å². The molecule has 124 valence electrons. The lowest BCUT2D eigenvalue weighted by molar-refractivity contribution is -0.131. The molecule has 2 rings (SSSR count). The van der Waals surface area contributed by atoms with E-state index < -0.39 is 5.41 Å². The number of nitrogens with zero attached hydrogens (tertiary/aromatic N) is 1. The molecule has 1 aromatic carbocycles. The zero-order chi connectivity index (χ0) is 16.9. The van der Waals surface area contributed by atoms with Crippen molar-refractivity contribution < 1.29 is 4.79 Å². The molecule has 0 spiro atoms. The maximum atomic E-state index is 12.5. The predicted octanol–water partition coefficient (Wildman–Crippen LogP) is 3.50. The molecule has 23 heavy (non-hydrogen) atoms. The molecule has 0 unspecified atom stereocenters. The maximum absolute atomic E-state index is 12.5. The Hall–Kier alpha value is -1.72. The molecular formula is C18H25N3OS. The van der Waals surface area contributed by atoms with Gasteiger partial charge in [0.05, 0.1) is 17.7 Å². The number of thiazole rings is 1. The van der Waals surface area contributed by atoms with E-state index >= 15 is 0 Å². The molecule has 0 saturated carbocycles. The minimum Gasteiger partial charge on any atom is -0.351 e. The highest BCUT2D eigenvalue weighted by atomic mass is 32.1. The fraction of sp³-hybridized carbons (Fsp3) is 0.444. The van der Waals surface area contributed by atoms with Gasteiger partial charge in [0, 0.05) is 17.0 Å². The van der Waals surface area contributed by atoms with Gasteiger partial charge in [0.2, 0.25) is 5.91 Å². The van der Waals surface area contributed by atoms with Crippen LogP contribution in [0.2, 0.25) is 0 Å². The van der Waals surface area contributed by atoms with E-state index in [0.29, 0.717) is 13.1 Å². The Labute approximate surface area is 142 Å². The third-order valence-corrected chi connectivity index (χ3v) is 5.76. The summed E-state index contributed by atoms with van der Waals surface area (Å²) in [5, 5.41) is 4.04. The number of benzene rings is 1. The summed E-state index contributed by atoms with van der Waals surface area (Å²) in [6, 6.07) is 10.1. The quantitative estimate of drug-likeness (QED) is 0.816. The van der Waals surface area contributed by atoms with Crippen molar-refractivity contribution in [3.63, 3.8) is 0 Å². The number of hydrogen-bond donors (Lipinski definition) is 2. The molecule has 3 N–H and O–H groups in total. The average Bonchev–Trinajstić information content (AvgIpc) is 2.97. The van der Waals surface area contributed by atoms with E-state index in [1.54, 1.807) is 11.3 Å². The summed E-state index contributed by atoms with van der Waals surface area (Å²) in [5.74, 6) is 0.0408. The largest absolute Gasteiger partial charge is 0.351 e. The molecule has 0 aliphatic heterocycles. The van der Waals surface area contributed by atoms with Crippen LogP contribution in [0.5, 0.6) is 0 Å². The third-order valence-electron chi connectivity index (χ3n) is 4.55. The summed E-state index contributed by atoms with van der Waals surface area (Å²) >= 11 is 1.63. The van der Waals surface area contributed by atoms with Gasteiger partial charge in [-0.25, -0.2) is 4.98 Å². The summed E-state index contributed by atoms with van der Waals surface area (Å²) in [6.07, 6.45) is 1.51. The first-order valence-corrected chi connectivity index (χ1v) is 8.88. The number of carbonyl (C=O) groups is 1. The van der Waals surface area contributed by atoms with E-state index in [4.69, 9.17) is 5.73 Å². The van der Waals surface area contributed by atoms with Crippen molar-refractivity contribution in [2.45, 2.75) is 40.2 Å². The van der Waals surface area contributed by atoms with Crippen LogP contribution in [0.15, 0.2) is 30.3 Å². The fourth-order valence-corrected chi connectivity index (χ4v) is 3.60. The molecule has 0 aliphatic rings. The molecule has 4 nitrogen and oxygen atoms in total. The van der Waals surface area contributed by atoms with Crippen LogP contribution in [-0.2, 0) is 11.3 Å². The van der Waals surface area contributed by atoms with Crippen LogP contribution in [0, 0.1) is 12.3 Å². The highest BCUT2D eigenvalue weighted by Crippen LogP contribution is 2.29. The molecule has 0 radical (unpaired) electrons. The van der Waals surface area contributed by atoms with Crippen molar-refractivity contribution in [2.24, 2.45) is 11.1 Å². The van der Waals surface area contributed by atoms with Gasteiger partial charge in [-0.2, -0.15) is 0 Å². The van der Waals surface area contributed by atoms with Crippen LogP contribution in [0.1, 0.15) is 37.3 Å². The first-order valence-electron chi connectivity index (χ1n) is 8.06. The van der Waals surface area contributed by atoms with Crippen LogP contribution in [0.4, 0.5) is 0 Å². The van der Waals surface area contributed by atoms with Crippen LogP contribution < -0.4 is 11.1 Å². The minimum absolute atomic E-state index is 0.0408. The summed E-state index contributed by atoms with van der Waals surface area (Å²) in [7, 11) is 0. The smallest absolute Gasteiger partial charge is 0.227 e. The van der Waals surface area contributed by atoms with E-state index in [1.807, 2.05) is 51.1 Å². The van der Waals surface area contributed by atoms with Crippen molar-refractivity contribution >= 4 is 17.2 Å². The van der Waals surface area contributed by atoms with E-state index in [1.165, 1.54) is 0 Å². The molecule has 1 amide bonds. The molecule has 0 aliphatic carbocycles. The molecule has 2 aromatic rings. The van der Waals surface area contributed by atoms with E-state index in [0.717, 1.165) is 34.0 Å². The second-order valence-corrected chi connectivity index (χ2v) is 6.85. The third kappa shape index (κ3) is 3.79. The van der Waals surface area contributed by atoms with Gasteiger partial charge in [0.15, 0.2) is 0 Å². The number of carbonyl (C=O) groups excluding carboxylic acids is 1. The van der Waals surface area contributed by atoms with Crippen LogP contribution in [-0.4, -0.2) is 17.4 Å². The van der Waals surface area contributed by atoms with E-state index in [9.17, 15) is 4.79 Å². The van der Waals surface area contributed by atoms with Gasteiger partial charge < -0.3 is 11.1 Å². The Morgan fingerprint density at radius 3 is 2.48 bits per heavy atom. The second-order valence-electron chi connectivity index (χ2n) is 5.77. The first-order chi connectivity index (χ1) is 11.1. The lowest BCUT2D eigenvalue weighted by Crippen LogP contribution is -2.44. The molecule has 0 bridgehead atoms. The SMILES string of the molecule is CCC(CC)(CN)C(=O)NCc1sc(-c2ccccc2)nc1C. The van der Waals surface area contributed by atoms with Crippen molar-refractivity contribution in [1.82, 2.24) is 10.3 Å². The lowest BCUT2D eigenvalue weighted by Gasteiger charge is -2.28. The number of aryl methyl sites for hydroxylation is 1. The number of amides is 1. The minimum atomic E-state index is -0.457.